The van der Waals surface area contributed by atoms with Crippen molar-refractivity contribution >= 4 is 21.6 Å². The van der Waals surface area contributed by atoms with E-state index >= 15 is 0 Å². The van der Waals surface area contributed by atoms with E-state index in [9.17, 15) is 8.42 Å². The molecule has 80 valence electrons. The third kappa shape index (κ3) is 2.24. The maximum absolute atomic E-state index is 11.5. The number of rotatable bonds is 4. The molecule has 0 unspecified atom stereocenters. The Kier molecular flexibility index (Phi) is 3.48. The van der Waals surface area contributed by atoms with Crippen LogP contribution in [-0.4, -0.2) is 24.8 Å². The number of hydrogen-bond donors (Lipinski definition) is 1. The third-order valence-electron chi connectivity index (χ3n) is 1.41. The van der Waals surface area contributed by atoms with Crippen molar-refractivity contribution in [2.75, 3.05) is 6.61 Å². The Hall–Kier alpha value is -0.630. The van der Waals surface area contributed by atoms with E-state index in [1.807, 2.05) is 4.89 Å². The smallest absolute Gasteiger partial charge is 0.281 e. The molecule has 0 aromatic carbocycles. The lowest BCUT2D eigenvalue weighted by atomic mass is 10.7. The Morgan fingerprint density at radius 3 is 2.79 bits per heavy atom. The SMILES string of the molecule is CCONS(=O)(=O)c1c(Cl)cnn1C. The first-order valence-electron chi connectivity index (χ1n) is 3.80. The monoisotopic (exact) mass is 239 g/mol. The Bertz CT molecular complexity index is 394. The van der Waals surface area contributed by atoms with Gasteiger partial charge in [-0.2, -0.15) is 5.10 Å². The molecule has 0 aliphatic rings. The fourth-order valence-corrected chi connectivity index (χ4v) is 2.40. The second kappa shape index (κ2) is 4.26. The fraction of sp³-hybridized carbons (Fsp3) is 0.500. The zero-order chi connectivity index (χ0) is 10.8. The van der Waals surface area contributed by atoms with Crippen molar-refractivity contribution in [3.8, 4) is 0 Å². The molecule has 0 fully saturated rings. The van der Waals surface area contributed by atoms with E-state index in [2.05, 4.69) is 9.94 Å². The standard InChI is InChI=1S/C6H10ClN3O3S/c1-3-13-9-14(11,12)6-5(7)4-8-10(6)2/h4,9H,3H2,1-2H3. The van der Waals surface area contributed by atoms with Crippen LogP contribution in [0.5, 0.6) is 0 Å². The quantitative estimate of drug-likeness (QED) is 0.768. The van der Waals surface area contributed by atoms with E-state index < -0.39 is 10.0 Å². The predicted molar refractivity (Wildman–Crippen MR) is 50.2 cm³/mol. The molecule has 1 aromatic rings. The van der Waals surface area contributed by atoms with Crippen LogP contribution in [0, 0.1) is 0 Å². The minimum Gasteiger partial charge on any atom is -0.287 e. The van der Waals surface area contributed by atoms with Crippen LogP contribution in [0.25, 0.3) is 0 Å². The zero-order valence-electron chi connectivity index (χ0n) is 7.69. The van der Waals surface area contributed by atoms with Crippen molar-refractivity contribution < 1.29 is 13.3 Å². The molecule has 0 saturated heterocycles. The van der Waals surface area contributed by atoms with Gasteiger partial charge in [-0.3, -0.25) is 9.52 Å². The average Bonchev–Trinajstić information content (AvgIpc) is 2.43. The van der Waals surface area contributed by atoms with Gasteiger partial charge in [0, 0.05) is 7.05 Å². The van der Waals surface area contributed by atoms with Gasteiger partial charge in [0.25, 0.3) is 10.0 Å². The lowest BCUT2D eigenvalue weighted by Gasteiger charge is -2.05. The largest absolute Gasteiger partial charge is 0.287 e. The van der Waals surface area contributed by atoms with Crippen LogP contribution in [-0.2, 0) is 21.9 Å². The second-order valence-electron chi connectivity index (χ2n) is 2.44. The highest BCUT2D eigenvalue weighted by Crippen LogP contribution is 2.19. The molecular formula is C6H10ClN3O3S. The Morgan fingerprint density at radius 1 is 1.71 bits per heavy atom. The lowest BCUT2D eigenvalue weighted by molar-refractivity contribution is 0.105. The molecule has 0 radical (unpaired) electrons. The van der Waals surface area contributed by atoms with Crippen molar-refractivity contribution in [3.63, 3.8) is 0 Å². The summed E-state index contributed by atoms with van der Waals surface area (Å²) in [7, 11) is -2.27. The normalized spacial score (nSPS) is 11.9. The highest BCUT2D eigenvalue weighted by atomic mass is 35.5. The highest BCUT2D eigenvalue weighted by Gasteiger charge is 2.22. The molecule has 0 atom stereocenters. The summed E-state index contributed by atoms with van der Waals surface area (Å²) in [5.41, 5.74) is 0. The Balaban J connectivity index is 3.04. The maximum Gasteiger partial charge on any atom is 0.281 e. The van der Waals surface area contributed by atoms with E-state index in [0.717, 1.165) is 4.68 Å². The molecule has 1 rings (SSSR count). The van der Waals surface area contributed by atoms with Gasteiger partial charge in [-0.25, -0.2) is 8.42 Å². The van der Waals surface area contributed by atoms with Crippen molar-refractivity contribution in [2.45, 2.75) is 11.9 Å². The van der Waals surface area contributed by atoms with Gasteiger partial charge in [-0.1, -0.05) is 16.5 Å². The Labute approximate surface area is 86.8 Å². The van der Waals surface area contributed by atoms with E-state index in [0.29, 0.717) is 0 Å². The van der Waals surface area contributed by atoms with Crippen LogP contribution in [0.2, 0.25) is 5.02 Å². The molecule has 0 aliphatic heterocycles. The molecular weight excluding hydrogens is 230 g/mol. The summed E-state index contributed by atoms with van der Waals surface area (Å²) in [6, 6.07) is 0. The number of nitrogens with one attached hydrogen (secondary N) is 1. The molecule has 6 nitrogen and oxygen atoms in total. The molecule has 0 amide bonds. The molecule has 0 bridgehead atoms. The first kappa shape index (κ1) is 11.4. The van der Waals surface area contributed by atoms with Crippen LogP contribution in [0.3, 0.4) is 0 Å². The lowest BCUT2D eigenvalue weighted by Crippen LogP contribution is -2.26. The number of aromatic nitrogens is 2. The van der Waals surface area contributed by atoms with Crippen LogP contribution < -0.4 is 4.89 Å². The number of nitrogens with zero attached hydrogens (tertiary/aromatic N) is 2. The molecule has 0 spiro atoms. The van der Waals surface area contributed by atoms with Crippen LogP contribution in [0.1, 0.15) is 6.92 Å². The van der Waals surface area contributed by atoms with Crippen LogP contribution >= 0.6 is 11.6 Å². The minimum absolute atomic E-state index is 0.0553. The number of aryl methyl sites for hydroxylation is 1. The molecule has 0 aliphatic carbocycles. The van der Waals surface area contributed by atoms with E-state index in [-0.39, 0.29) is 16.7 Å². The fourth-order valence-electron chi connectivity index (χ4n) is 0.878. The molecule has 8 heteroatoms. The van der Waals surface area contributed by atoms with Crippen molar-refractivity contribution in [1.29, 1.82) is 0 Å². The first-order chi connectivity index (χ1) is 6.49. The van der Waals surface area contributed by atoms with Gasteiger partial charge in [0.15, 0.2) is 5.03 Å². The predicted octanol–water partition coefficient (Wildman–Crippen LogP) is 0.303. The van der Waals surface area contributed by atoms with Gasteiger partial charge < -0.3 is 0 Å². The average molecular weight is 240 g/mol. The number of hydrogen-bond acceptors (Lipinski definition) is 4. The summed E-state index contributed by atoms with van der Waals surface area (Å²) in [6.07, 6.45) is 1.25. The maximum atomic E-state index is 11.5. The van der Waals surface area contributed by atoms with Gasteiger partial charge in [0.05, 0.1) is 17.8 Å². The summed E-state index contributed by atoms with van der Waals surface area (Å²) in [5, 5.41) is 3.64. The van der Waals surface area contributed by atoms with Gasteiger partial charge in [-0.15, -0.1) is 0 Å². The van der Waals surface area contributed by atoms with Crippen molar-refractivity contribution in [1.82, 2.24) is 14.7 Å². The molecule has 14 heavy (non-hydrogen) atoms. The van der Waals surface area contributed by atoms with Gasteiger partial charge >= 0.3 is 0 Å². The van der Waals surface area contributed by atoms with E-state index in [4.69, 9.17) is 11.6 Å². The van der Waals surface area contributed by atoms with Crippen LogP contribution in [0.4, 0.5) is 0 Å². The highest BCUT2D eigenvalue weighted by molar-refractivity contribution is 7.89. The summed E-state index contributed by atoms with van der Waals surface area (Å²) in [6.45, 7) is 1.89. The Morgan fingerprint density at radius 2 is 2.36 bits per heavy atom. The summed E-state index contributed by atoms with van der Waals surface area (Å²) >= 11 is 5.65. The van der Waals surface area contributed by atoms with Gasteiger partial charge in [0.1, 0.15) is 0 Å². The summed E-state index contributed by atoms with van der Waals surface area (Å²) in [4.78, 5) is 6.51. The number of halogens is 1. The summed E-state index contributed by atoms with van der Waals surface area (Å²) < 4.78 is 24.2. The number of sulfonamides is 1. The van der Waals surface area contributed by atoms with Crippen molar-refractivity contribution in [3.05, 3.63) is 11.2 Å². The first-order valence-corrected chi connectivity index (χ1v) is 5.66. The molecule has 1 aromatic heterocycles. The second-order valence-corrected chi connectivity index (χ2v) is 4.41. The minimum atomic E-state index is -3.74. The molecule has 0 saturated carbocycles. The zero-order valence-corrected chi connectivity index (χ0v) is 9.26. The van der Waals surface area contributed by atoms with Crippen LogP contribution in [0.15, 0.2) is 11.2 Å². The summed E-state index contributed by atoms with van der Waals surface area (Å²) in [5.74, 6) is 0. The van der Waals surface area contributed by atoms with E-state index in [1.54, 1.807) is 6.92 Å². The van der Waals surface area contributed by atoms with Crippen molar-refractivity contribution in [2.24, 2.45) is 7.05 Å². The third-order valence-corrected chi connectivity index (χ3v) is 3.13. The van der Waals surface area contributed by atoms with Gasteiger partial charge in [-0.05, 0) is 6.92 Å². The molecule has 1 heterocycles. The molecule has 1 N–H and O–H groups in total. The van der Waals surface area contributed by atoms with Gasteiger partial charge in [0.2, 0.25) is 0 Å². The van der Waals surface area contributed by atoms with E-state index in [1.165, 1.54) is 13.2 Å². The topological polar surface area (TPSA) is 73.2 Å².